The summed E-state index contributed by atoms with van der Waals surface area (Å²) in [6, 6.07) is 12.2. The summed E-state index contributed by atoms with van der Waals surface area (Å²) < 4.78 is 22.2. The van der Waals surface area contributed by atoms with Crippen molar-refractivity contribution in [2.24, 2.45) is 4.99 Å². The summed E-state index contributed by atoms with van der Waals surface area (Å²) in [5, 5.41) is 6.69. The molecule has 0 aliphatic rings. The fraction of sp³-hybridized carbons (Fsp3) is 0.480. The average molecular weight is 572 g/mol. The summed E-state index contributed by atoms with van der Waals surface area (Å²) in [5.74, 6) is 2.54. The first-order valence-electron chi connectivity index (χ1n) is 10.8. The number of guanidine groups is 1. The fourth-order valence-corrected chi connectivity index (χ4v) is 3.05. The monoisotopic (exact) mass is 571 g/mol. The van der Waals surface area contributed by atoms with Crippen LogP contribution < -0.4 is 24.8 Å². The van der Waals surface area contributed by atoms with Gasteiger partial charge in [-0.25, -0.2) is 4.99 Å². The standard InChI is InChI=1S/C25H37N3O4.HI/c1-8-26-24(27-15-18-10-9-11-19(12-18)17-32-25(2,3)4)28-16-20-13-21(29-5)23(31-7)22(14-20)30-6;/h9-14H,8,15-17H2,1-7H3,(H2,26,27,28);1H. The first-order valence-corrected chi connectivity index (χ1v) is 10.8. The number of rotatable bonds is 10. The Kier molecular flexibility index (Phi) is 12.4. The normalized spacial score (nSPS) is 11.4. The topological polar surface area (TPSA) is 73.3 Å². The van der Waals surface area contributed by atoms with Gasteiger partial charge in [0.05, 0.1) is 40.1 Å². The molecule has 0 aliphatic heterocycles. The molecule has 2 aromatic rings. The van der Waals surface area contributed by atoms with Gasteiger partial charge in [0.15, 0.2) is 17.5 Å². The number of aliphatic imine (C=N–C) groups is 1. The molecule has 0 fully saturated rings. The minimum absolute atomic E-state index is 0. The van der Waals surface area contributed by atoms with Crippen molar-refractivity contribution in [3.8, 4) is 17.2 Å². The van der Waals surface area contributed by atoms with E-state index in [9.17, 15) is 0 Å². The molecular formula is C25H38IN3O4. The molecule has 184 valence electrons. The van der Waals surface area contributed by atoms with Crippen LogP contribution in [0.5, 0.6) is 17.2 Å². The van der Waals surface area contributed by atoms with Gasteiger partial charge in [-0.05, 0) is 56.5 Å². The molecule has 8 heteroatoms. The lowest BCUT2D eigenvalue weighted by Crippen LogP contribution is -2.36. The third-order valence-corrected chi connectivity index (χ3v) is 4.61. The van der Waals surface area contributed by atoms with E-state index in [-0.39, 0.29) is 29.6 Å². The van der Waals surface area contributed by atoms with E-state index in [0.717, 1.165) is 23.6 Å². The van der Waals surface area contributed by atoms with Gasteiger partial charge in [-0.1, -0.05) is 24.3 Å². The largest absolute Gasteiger partial charge is 0.493 e. The molecule has 0 amide bonds. The minimum atomic E-state index is -0.161. The van der Waals surface area contributed by atoms with Crippen molar-refractivity contribution in [2.75, 3.05) is 27.9 Å². The second kappa shape index (κ2) is 14.1. The molecule has 33 heavy (non-hydrogen) atoms. The van der Waals surface area contributed by atoms with Crippen LogP contribution in [0.3, 0.4) is 0 Å². The molecule has 0 saturated heterocycles. The van der Waals surface area contributed by atoms with Crippen molar-refractivity contribution in [1.82, 2.24) is 10.6 Å². The number of methoxy groups -OCH3 is 3. The number of hydrogen-bond acceptors (Lipinski definition) is 5. The van der Waals surface area contributed by atoms with Gasteiger partial charge >= 0.3 is 0 Å². The highest BCUT2D eigenvalue weighted by molar-refractivity contribution is 14.0. The summed E-state index contributed by atoms with van der Waals surface area (Å²) in [6.45, 7) is 10.7. The maximum atomic E-state index is 5.89. The zero-order chi connectivity index (χ0) is 23.6. The van der Waals surface area contributed by atoms with Gasteiger partial charge in [-0.15, -0.1) is 24.0 Å². The maximum Gasteiger partial charge on any atom is 0.203 e. The third-order valence-electron chi connectivity index (χ3n) is 4.61. The molecule has 0 bridgehead atoms. The highest BCUT2D eigenvalue weighted by Crippen LogP contribution is 2.38. The predicted octanol–water partition coefficient (Wildman–Crippen LogP) is 4.90. The lowest BCUT2D eigenvalue weighted by Gasteiger charge is -2.19. The number of ether oxygens (including phenoxy) is 4. The third kappa shape index (κ3) is 9.67. The molecule has 7 nitrogen and oxygen atoms in total. The first kappa shape index (κ1) is 28.8. The predicted molar refractivity (Wildman–Crippen MR) is 144 cm³/mol. The fourth-order valence-electron chi connectivity index (χ4n) is 3.05. The SMILES string of the molecule is CCNC(=NCc1cc(OC)c(OC)c(OC)c1)NCc1cccc(COC(C)(C)C)c1.I. The van der Waals surface area contributed by atoms with Crippen molar-refractivity contribution in [1.29, 1.82) is 0 Å². The summed E-state index contributed by atoms with van der Waals surface area (Å²) in [6.07, 6.45) is 0. The molecular weight excluding hydrogens is 533 g/mol. The van der Waals surface area contributed by atoms with Crippen LogP contribution in [0.25, 0.3) is 0 Å². The number of nitrogens with zero attached hydrogens (tertiary/aromatic N) is 1. The summed E-state index contributed by atoms with van der Waals surface area (Å²) in [5.41, 5.74) is 3.11. The molecule has 0 aromatic heterocycles. The Morgan fingerprint density at radius 3 is 2.06 bits per heavy atom. The van der Waals surface area contributed by atoms with Crippen molar-refractivity contribution < 1.29 is 18.9 Å². The Balaban J connectivity index is 0.00000544. The maximum absolute atomic E-state index is 5.89. The zero-order valence-electron chi connectivity index (χ0n) is 20.8. The Morgan fingerprint density at radius 1 is 0.879 bits per heavy atom. The number of benzene rings is 2. The van der Waals surface area contributed by atoms with Gasteiger partial charge < -0.3 is 29.6 Å². The van der Waals surface area contributed by atoms with Crippen LogP contribution in [-0.4, -0.2) is 39.4 Å². The number of nitrogens with one attached hydrogen (secondary N) is 2. The second-order valence-corrected chi connectivity index (χ2v) is 8.30. The summed E-state index contributed by atoms with van der Waals surface area (Å²) >= 11 is 0. The Hall–Kier alpha value is -2.20. The second-order valence-electron chi connectivity index (χ2n) is 8.30. The highest BCUT2D eigenvalue weighted by atomic mass is 127. The van der Waals surface area contributed by atoms with Crippen molar-refractivity contribution in [3.05, 3.63) is 53.1 Å². The van der Waals surface area contributed by atoms with Gasteiger partial charge in [-0.2, -0.15) is 0 Å². The first-order chi connectivity index (χ1) is 15.3. The number of halogens is 1. The van der Waals surface area contributed by atoms with E-state index in [4.69, 9.17) is 23.9 Å². The van der Waals surface area contributed by atoms with E-state index in [0.29, 0.717) is 36.9 Å². The van der Waals surface area contributed by atoms with Gasteiger partial charge in [0, 0.05) is 13.1 Å². The lowest BCUT2D eigenvalue weighted by atomic mass is 10.1. The van der Waals surface area contributed by atoms with Gasteiger partial charge in [0.25, 0.3) is 0 Å². The quantitative estimate of drug-likeness (QED) is 0.240. The van der Waals surface area contributed by atoms with Crippen LogP contribution in [0.1, 0.15) is 44.4 Å². The number of hydrogen-bond donors (Lipinski definition) is 2. The molecule has 0 radical (unpaired) electrons. The van der Waals surface area contributed by atoms with Gasteiger partial charge in [0.1, 0.15) is 0 Å². The van der Waals surface area contributed by atoms with Crippen LogP contribution in [0.4, 0.5) is 0 Å². The molecule has 0 saturated carbocycles. The molecule has 2 N–H and O–H groups in total. The lowest BCUT2D eigenvalue weighted by molar-refractivity contribution is -0.0149. The Labute approximate surface area is 215 Å². The van der Waals surface area contributed by atoms with E-state index in [2.05, 4.69) is 55.7 Å². The van der Waals surface area contributed by atoms with Crippen LogP contribution in [-0.2, 0) is 24.4 Å². The Bertz CT molecular complexity index is 872. The smallest absolute Gasteiger partial charge is 0.203 e. The van der Waals surface area contributed by atoms with E-state index in [1.807, 2.05) is 19.1 Å². The van der Waals surface area contributed by atoms with Crippen molar-refractivity contribution in [3.63, 3.8) is 0 Å². The zero-order valence-corrected chi connectivity index (χ0v) is 23.1. The van der Waals surface area contributed by atoms with Crippen molar-refractivity contribution in [2.45, 2.75) is 53.0 Å². The van der Waals surface area contributed by atoms with Crippen LogP contribution in [0.2, 0.25) is 0 Å². The minimum Gasteiger partial charge on any atom is -0.493 e. The summed E-state index contributed by atoms with van der Waals surface area (Å²) in [7, 11) is 4.81. The average Bonchev–Trinajstić information content (AvgIpc) is 2.78. The van der Waals surface area contributed by atoms with Crippen LogP contribution in [0.15, 0.2) is 41.4 Å². The summed E-state index contributed by atoms with van der Waals surface area (Å²) in [4.78, 5) is 4.71. The van der Waals surface area contributed by atoms with Gasteiger partial charge in [0.2, 0.25) is 5.75 Å². The molecule has 0 heterocycles. The van der Waals surface area contributed by atoms with E-state index >= 15 is 0 Å². The molecule has 0 atom stereocenters. The van der Waals surface area contributed by atoms with Crippen molar-refractivity contribution >= 4 is 29.9 Å². The van der Waals surface area contributed by atoms with Gasteiger partial charge in [-0.3, -0.25) is 0 Å². The van der Waals surface area contributed by atoms with E-state index < -0.39 is 0 Å². The molecule has 0 unspecified atom stereocenters. The van der Waals surface area contributed by atoms with E-state index in [1.165, 1.54) is 5.56 Å². The molecule has 0 aliphatic carbocycles. The molecule has 2 aromatic carbocycles. The Morgan fingerprint density at radius 2 is 1.52 bits per heavy atom. The molecule has 2 rings (SSSR count). The van der Waals surface area contributed by atoms with Crippen LogP contribution >= 0.6 is 24.0 Å². The van der Waals surface area contributed by atoms with Crippen LogP contribution in [0, 0.1) is 0 Å². The van der Waals surface area contributed by atoms with E-state index in [1.54, 1.807) is 21.3 Å². The highest BCUT2D eigenvalue weighted by Gasteiger charge is 2.13. The molecule has 0 spiro atoms.